The molecule has 0 aliphatic carbocycles. The Kier molecular flexibility index (Phi) is 3.54. The van der Waals surface area contributed by atoms with Crippen molar-refractivity contribution in [3.05, 3.63) is 24.3 Å². The molecule has 2 rings (SSSR count). The molecule has 0 radical (unpaired) electrons. The third-order valence-corrected chi connectivity index (χ3v) is 4.16. The summed E-state index contributed by atoms with van der Waals surface area (Å²) < 4.78 is 0. The van der Waals surface area contributed by atoms with Gasteiger partial charge in [-0.15, -0.1) is 11.8 Å². The maximum atomic E-state index is 3.22. The molecule has 1 heterocycles. The Morgan fingerprint density at radius 2 is 2.27 bits per heavy atom. The van der Waals surface area contributed by atoms with Gasteiger partial charge in [0.05, 0.1) is 5.69 Å². The fourth-order valence-electron chi connectivity index (χ4n) is 1.95. The number of nitrogens with one attached hydrogen (secondary N) is 1. The van der Waals surface area contributed by atoms with Crippen molar-refractivity contribution < 1.29 is 0 Å². The smallest absolute Gasteiger partial charge is 0.0504 e. The van der Waals surface area contributed by atoms with E-state index >= 15 is 0 Å². The lowest BCUT2D eigenvalue weighted by molar-refractivity contribution is 0.598. The van der Waals surface area contributed by atoms with Gasteiger partial charge in [0, 0.05) is 23.7 Å². The molecule has 1 atom stereocenters. The summed E-state index contributed by atoms with van der Waals surface area (Å²) >= 11 is 1.98. The fourth-order valence-corrected chi connectivity index (χ4v) is 3.25. The number of para-hydroxylation sites is 1. The Hall–Kier alpha value is -0.670. The van der Waals surface area contributed by atoms with Crippen LogP contribution in [0.5, 0.6) is 0 Å². The molecule has 1 aromatic rings. The van der Waals surface area contributed by atoms with E-state index in [1.54, 1.807) is 0 Å². The van der Waals surface area contributed by atoms with Crippen LogP contribution in [0.4, 0.5) is 5.69 Å². The zero-order chi connectivity index (χ0) is 10.7. The zero-order valence-electron chi connectivity index (χ0n) is 9.36. The Morgan fingerprint density at radius 1 is 1.47 bits per heavy atom. The molecular formula is C12H18N2S. The SMILES string of the molecule is CNCCC1CSc2ccccc2N1C. The number of anilines is 1. The third-order valence-electron chi connectivity index (χ3n) is 2.95. The first kappa shape index (κ1) is 10.8. The van der Waals surface area contributed by atoms with E-state index in [4.69, 9.17) is 0 Å². The van der Waals surface area contributed by atoms with Crippen molar-refractivity contribution in [2.45, 2.75) is 17.4 Å². The quantitative estimate of drug-likeness (QED) is 0.844. The Morgan fingerprint density at radius 3 is 3.07 bits per heavy atom. The van der Waals surface area contributed by atoms with E-state index in [-0.39, 0.29) is 0 Å². The van der Waals surface area contributed by atoms with Crippen molar-refractivity contribution in [1.82, 2.24) is 5.32 Å². The van der Waals surface area contributed by atoms with Crippen LogP contribution in [-0.2, 0) is 0 Å². The molecule has 15 heavy (non-hydrogen) atoms. The maximum absolute atomic E-state index is 3.22. The van der Waals surface area contributed by atoms with E-state index in [2.05, 4.69) is 41.5 Å². The van der Waals surface area contributed by atoms with Crippen LogP contribution in [0.2, 0.25) is 0 Å². The highest BCUT2D eigenvalue weighted by molar-refractivity contribution is 7.99. The molecule has 1 unspecified atom stereocenters. The van der Waals surface area contributed by atoms with Gasteiger partial charge < -0.3 is 10.2 Å². The van der Waals surface area contributed by atoms with E-state index in [9.17, 15) is 0 Å². The molecule has 2 nitrogen and oxygen atoms in total. The van der Waals surface area contributed by atoms with E-state index < -0.39 is 0 Å². The lowest BCUT2D eigenvalue weighted by atomic mass is 10.1. The summed E-state index contributed by atoms with van der Waals surface area (Å²) in [5.74, 6) is 1.20. The first-order valence-electron chi connectivity index (χ1n) is 5.42. The lowest BCUT2D eigenvalue weighted by Crippen LogP contribution is -2.38. The van der Waals surface area contributed by atoms with Crippen LogP contribution in [0, 0.1) is 0 Å². The predicted octanol–water partition coefficient (Wildman–Crippen LogP) is 2.21. The zero-order valence-corrected chi connectivity index (χ0v) is 10.2. The van der Waals surface area contributed by atoms with Crippen molar-refractivity contribution >= 4 is 17.4 Å². The number of benzene rings is 1. The number of hydrogen-bond acceptors (Lipinski definition) is 3. The second kappa shape index (κ2) is 4.90. The van der Waals surface area contributed by atoms with Crippen molar-refractivity contribution in [1.29, 1.82) is 0 Å². The summed E-state index contributed by atoms with van der Waals surface area (Å²) in [5.41, 5.74) is 1.38. The van der Waals surface area contributed by atoms with Crippen molar-refractivity contribution in [3.8, 4) is 0 Å². The molecular weight excluding hydrogens is 204 g/mol. The normalized spacial score (nSPS) is 20.1. The van der Waals surface area contributed by atoms with Crippen LogP contribution in [0.25, 0.3) is 0 Å². The van der Waals surface area contributed by atoms with Gasteiger partial charge in [0.2, 0.25) is 0 Å². The monoisotopic (exact) mass is 222 g/mol. The minimum absolute atomic E-state index is 0.664. The molecule has 82 valence electrons. The maximum Gasteiger partial charge on any atom is 0.0504 e. The molecule has 1 aliphatic rings. The molecule has 3 heteroatoms. The number of nitrogens with zero attached hydrogens (tertiary/aromatic N) is 1. The van der Waals surface area contributed by atoms with Gasteiger partial charge >= 0.3 is 0 Å². The Bertz CT molecular complexity index is 327. The number of fused-ring (bicyclic) bond motifs is 1. The standard InChI is InChI=1S/C12H18N2S/c1-13-8-7-10-9-15-12-6-4-3-5-11(12)14(10)2/h3-6,10,13H,7-9H2,1-2H3. The molecule has 0 amide bonds. The largest absolute Gasteiger partial charge is 0.370 e. The van der Waals surface area contributed by atoms with Gasteiger partial charge in [-0.3, -0.25) is 0 Å². The van der Waals surface area contributed by atoms with Gasteiger partial charge in [0.1, 0.15) is 0 Å². The van der Waals surface area contributed by atoms with Crippen molar-refractivity contribution in [3.63, 3.8) is 0 Å². The first-order valence-corrected chi connectivity index (χ1v) is 6.40. The molecule has 0 saturated heterocycles. The topological polar surface area (TPSA) is 15.3 Å². The van der Waals surface area contributed by atoms with Crippen LogP contribution in [-0.4, -0.2) is 32.4 Å². The average Bonchev–Trinajstić information content (AvgIpc) is 2.29. The fraction of sp³-hybridized carbons (Fsp3) is 0.500. The summed E-state index contributed by atoms with van der Waals surface area (Å²) in [6.45, 7) is 1.09. The molecule has 0 bridgehead atoms. The van der Waals surface area contributed by atoms with Gasteiger partial charge in [-0.2, -0.15) is 0 Å². The molecule has 0 aromatic heterocycles. The highest BCUT2D eigenvalue weighted by Crippen LogP contribution is 2.36. The minimum atomic E-state index is 0.664. The van der Waals surface area contributed by atoms with E-state index in [1.165, 1.54) is 22.8 Å². The highest BCUT2D eigenvalue weighted by atomic mass is 32.2. The first-order chi connectivity index (χ1) is 7.33. The van der Waals surface area contributed by atoms with Crippen LogP contribution in [0.1, 0.15) is 6.42 Å². The molecule has 0 saturated carbocycles. The summed E-state index contributed by atoms with van der Waals surface area (Å²) in [6, 6.07) is 9.33. The average molecular weight is 222 g/mol. The van der Waals surface area contributed by atoms with E-state index in [0.717, 1.165) is 6.54 Å². The predicted molar refractivity (Wildman–Crippen MR) is 67.9 cm³/mol. The highest BCUT2D eigenvalue weighted by Gasteiger charge is 2.22. The van der Waals surface area contributed by atoms with Crippen LogP contribution in [0.3, 0.4) is 0 Å². The van der Waals surface area contributed by atoms with Crippen LogP contribution in [0.15, 0.2) is 29.2 Å². The Balaban J connectivity index is 2.11. The van der Waals surface area contributed by atoms with Crippen molar-refractivity contribution in [2.24, 2.45) is 0 Å². The van der Waals surface area contributed by atoms with Crippen LogP contribution < -0.4 is 10.2 Å². The van der Waals surface area contributed by atoms with Gasteiger partial charge in [-0.25, -0.2) is 0 Å². The van der Waals surface area contributed by atoms with E-state index in [1.807, 2.05) is 18.8 Å². The summed E-state index contributed by atoms with van der Waals surface area (Å²) in [7, 11) is 4.22. The Labute approximate surface area is 96.0 Å². The summed E-state index contributed by atoms with van der Waals surface area (Å²) in [6.07, 6.45) is 1.22. The summed E-state index contributed by atoms with van der Waals surface area (Å²) in [5, 5.41) is 3.22. The second-order valence-electron chi connectivity index (χ2n) is 3.94. The number of hydrogen-bond donors (Lipinski definition) is 1. The summed E-state index contributed by atoms with van der Waals surface area (Å²) in [4.78, 5) is 3.84. The van der Waals surface area contributed by atoms with Gasteiger partial charge in [-0.05, 0) is 32.1 Å². The van der Waals surface area contributed by atoms with Gasteiger partial charge in [0.15, 0.2) is 0 Å². The van der Waals surface area contributed by atoms with E-state index in [0.29, 0.717) is 6.04 Å². The van der Waals surface area contributed by atoms with Crippen molar-refractivity contribution in [2.75, 3.05) is 31.3 Å². The van der Waals surface area contributed by atoms with Crippen LogP contribution >= 0.6 is 11.8 Å². The second-order valence-corrected chi connectivity index (χ2v) is 5.00. The van der Waals surface area contributed by atoms with Gasteiger partial charge in [0.25, 0.3) is 0 Å². The minimum Gasteiger partial charge on any atom is -0.370 e. The molecule has 1 aromatic carbocycles. The van der Waals surface area contributed by atoms with Gasteiger partial charge in [-0.1, -0.05) is 12.1 Å². The molecule has 0 spiro atoms. The number of thioether (sulfide) groups is 1. The molecule has 1 aliphatic heterocycles. The number of rotatable bonds is 3. The molecule has 0 fully saturated rings. The molecule has 1 N–H and O–H groups in total. The lowest BCUT2D eigenvalue weighted by Gasteiger charge is -2.35. The third kappa shape index (κ3) is 2.29.